The fourth-order valence-corrected chi connectivity index (χ4v) is 12.2. The SMILES string of the molecule is CNC(=O)C(CCC=O)N1C(=O)c2cccc(NCc3cnn(C4CCN(C(=O)C5CCN(c6ccc(C#CCN7CCN(c8c(Cl)cc(-n9c(C)nc%10ccc(-c%11ccnc(N)c%11)nc%109)cc8Cl)CC7)cn6)CC5)CC4)c3)c2C1=O. The van der Waals surface area contributed by atoms with Crippen LogP contribution in [-0.2, 0) is 20.9 Å². The lowest BCUT2D eigenvalue weighted by Gasteiger charge is -2.37. The molecule has 11 rings (SSSR count). The van der Waals surface area contributed by atoms with Crippen LogP contribution in [0.25, 0.3) is 28.1 Å². The molecule has 1 atom stereocenters. The maximum Gasteiger partial charge on any atom is 0.264 e. The molecule has 5 aromatic heterocycles. The number of likely N-dealkylation sites (tertiary alicyclic amines) is 1. The smallest absolute Gasteiger partial charge is 0.264 e. The number of imide groups is 1. The van der Waals surface area contributed by atoms with Crippen molar-refractivity contribution < 1.29 is 24.0 Å². The Morgan fingerprint density at radius 1 is 0.864 bits per heavy atom. The number of aromatic nitrogens is 7. The number of anilines is 4. The predicted octanol–water partition coefficient (Wildman–Crippen LogP) is 6.83. The molecule has 0 radical (unpaired) electrons. The second-order valence-electron chi connectivity index (χ2n) is 20.8. The quantitative estimate of drug-likeness (QED) is 0.0544. The highest BCUT2D eigenvalue weighted by molar-refractivity contribution is 6.39. The van der Waals surface area contributed by atoms with E-state index in [1.54, 1.807) is 36.7 Å². The second kappa shape index (κ2) is 23.8. The number of likely N-dealkylation sites (N-methyl/N-ethyl adjacent to an activating group) is 1. The first-order valence-electron chi connectivity index (χ1n) is 27.3. The molecule has 4 amide bonds. The lowest BCUT2D eigenvalue weighted by Crippen LogP contribution is -2.48. The van der Waals surface area contributed by atoms with Gasteiger partial charge in [0.15, 0.2) is 5.65 Å². The highest BCUT2D eigenvalue weighted by Gasteiger charge is 2.44. The zero-order valence-corrected chi connectivity index (χ0v) is 46.5. The van der Waals surface area contributed by atoms with Crippen molar-refractivity contribution in [1.29, 1.82) is 0 Å². The molecule has 0 saturated carbocycles. The summed E-state index contributed by atoms with van der Waals surface area (Å²) in [6, 6.07) is 19.4. The number of piperazine rings is 1. The van der Waals surface area contributed by atoms with Crippen LogP contribution in [0, 0.1) is 24.7 Å². The maximum absolute atomic E-state index is 13.8. The van der Waals surface area contributed by atoms with Crippen LogP contribution in [0.2, 0.25) is 10.0 Å². The Balaban J connectivity index is 0.614. The third kappa shape index (κ3) is 11.4. The number of nitrogens with one attached hydrogen (secondary N) is 2. The number of carbonyl (C=O) groups excluding carboxylic acids is 5. The van der Waals surface area contributed by atoms with Crippen LogP contribution in [0.1, 0.15) is 82.2 Å². The fourth-order valence-electron chi connectivity index (χ4n) is 11.5. The first-order valence-corrected chi connectivity index (χ1v) is 28.1. The molecule has 3 saturated heterocycles. The molecule has 81 heavy (non-hydrogen) atoms. The van der Waals surface area contributed by atoms with E-state index in [1.807, 2.05) is 75.9 Å². The lowest BCUT2D eigenvalue weighted by molar-refractivity contribution is -0.137. The summed E-state index contributed by atoms with van der Waals surface area (Å²) >= 11 is 14.0. The third-order valence-corrected chi connectivity index (χ3v) is 16.4. The van der Waals surface area contributed by atoms with Gasteiger partial charge in [-0.25, -0.2) is 19.9 Å². The lowest BCUT2D eigenvalue weighted by atomic mass is 9.93. The van der Waals surface area contributed by atoms with E-state index >= 15 is 0 Å². The minimum Gasteiger partial charge on any atom is -0.384 e. The number of halogens is 2. The van der Waals surface area contributed by atoms with Crippen molar-refractivity contribution in [2.75, 3.05) is 86.8 Å². The normalized spacial score (nSPS) is 16.6. The van der Waals surface area contributed by atoms with Crippen molar-refractivity contribution in [1.82, 2.24) is 54.3 Å². The molecule has 4 aliphatic heterocycles. The molecule has 2 aromatic carbocycles. The van der Waals surface area contributed by atoms with Crippen LogP contribution in [0.3, 0.4) is 0 Å². The number of nitrogens with zero attached hydrogens (tertiary/aromatic N) is 12. The summed E-state index contributed by atoms with van der Waals surface area (Å²) in [4.78, 5) is 92.9. The number of nitrogens with two attached hydrogens (primary N) is 1. The van der Waals surface area contributed by atoms with Crippen molar-refractivity contribution in [3.8, 4) is 28.8 Å². The minimum atomic E-state index is -1.10. The molecule has 20 nitrogen and oxygen atoms in total. The second-order valence-corrected chi connectivity index (χ2v) is 21.6. The number of carbonyl (C=O) groups is 5. The fraction of sp³-hybridized carbons (Fsp3) is 0.356. The molecule has 0 aliphatic carbocycles. The number of benzene rings is 2. The van der Waals surface area contributed by atoms with Crippen LogP contribution < -0.4 is 26.2 Å². The molecule has 4 N–H and O–H groups in total. The molecule has 1 unspecified atom stereocenters. The third-order valence-electron chi connectivity index (χ3n) is 15.8. The van der Waals surface area contributed by atoms with E-state index in [9.17, 15) is 24.0 Å². The number of amides is 4. The number of fused-ring (bicyclic) bond motifs is 2. The van der Waals surface area contributed by atoms with Crippen LogP contribution >= 0.6 is 23.2 Å². The van der Waals surface area contributed by atoms with Gasteiger partial charge in [0.25, 0.3) is 11.8 Å². The van der Waals surface area contributed by atoms with Crippen molar-refractivity contribution in [2.24, 2.45) is 5.92 Å². The Morgan fingerprint density at radius 2 is 1.64 bits per heavy atom. The summed E-state index contributed by atoms with van der Waals surface area (Å²) in [5.41, 5.74) is 13.2. The molecular weight excluding hydrogens is 1070 g/mol. The Hall–Kier alpha value is -8.38. The van der Waals surface area contributed by atoms with Crippen molar-refractivity contribution in [3.05, 3.63) is 130 Å². The van der Waals surface area contributed by atoms with Gasteiger partial charge in [-0.15, -0.1) is 0 Å². The summed E-state index contributed by atoms with van der Waals surface area (Å²) in [6.45, 7) is 8.79. The van der Waals surface area contributed by atoms with E-state index < -0.39 is 23.8 Å². The topological polar surface area (TPSA) is 226 Å². The molecule has 7 aromatic rings. The predicted molar refractivity (Wildman–Crippen MR) is 310 cm³/mol. The number of hydrogen-bond acceptors (Lipinski definition) is 15. The van der Waals surface area contributed by atoms with Gasteiger partial charge < -0.3 is 35.9 Å². The zero-order chi connectivity index (χ0) is 56.3. The van der Waals surface area contributed by atoms with E-state index in [0.717, 1.165) is 121 Å². The molecule has 0 bridgehead atoms. The van der Waals surface area contributed by atoms with Gasteiger partial charge in [-0.3, -0.25) is 38.2 Å². The van der Waals surface area contributed by atoms with Gasteiger partial charge in [-0.05, 0) is 99.7 Å². The number of aryl methyl sites for hydroxylation is 1. The van der Waals surface area contributed by atoms with E-state index in [4.69, 9.17) is 43.9 Å². The average molecular weight is 1130 g/mol. The van der Waals surface area contributed by atoms with Gasteiger partial charge in [0.2, 0.25) is 11.8 Å². The van der Waals surface area contributed by atoms with Crippen LogP contribution in [0.4, 0.5) is 23.0 Å². The van der Waals surface area contributed by atoms with Crippen molar-refractivity contribution in [3.63, 3.8) is 0 Å². The van der Waals surface area contributed by atoms with Gasteiger partial charge >= 0.3 is 0 Å². The van der Waals surface area contributed by atoms with Crippen LogP contribution in [-0.4, -0.2) is 151 Å². The number of aldehydes is 1. The number of imidazole rings is 1. The van der Waals surface area contributed by atoms with E-state index in [0.29, 0.717) is 59.7 Å². The molecular formula is C59H61Cl2N15O5. The highest BCUT2D eigenvalue weighted by atomic mass is 35.5. The molecule has 4 aliphatic rings. The Labute approximate surface area is 478 Å². The molecule has 9 heterocycles. The van der Waals surface area contributed by atoms with Crippen molar-refractivity contribution in [2.45, 2.75) is 64.1 Å². The average Bonchev–Trinajstić information content (AvgIpc) is 4.41. The summed E-state index contributed by atoms with van der Waals surface area (Å²) in [7, 11) is 1.43. The summed E-state index contributed by atoms with van der Waals surface area (Å²) in [6.07, 6.45) is 11.1. The van der Waals surface area contributed by atoms with Gasteiger partial charge in [0.05, 0.1) is 57.0 Å². The number of hydrogen-bond donors (Lipinski definition) is 3. The zero-order valence-electron chi connectivity index (χ0n) is 45.0. The van der Waals surface area contributed by atoms with E-state index in [1.165, 1.54) is 7.05 Å². The first kappa shape index (κ1) is 54.6. The number of pyridine rings is 3. The van der Waals surface area contributed by atoms with Gasteiger partial charge in [-0.2, -0.15) is 5.10 Å². The molecule has 0 spiro atoms. The van der Waals surface area contributed by atoms with Crippen LogP contribution in [0.15, 0.2) is 91.5 Å². The van der Waals surface area contributed by atoms with Gasteiger partial charge in [0, 0.05) is 119 Å². The Kier molecular flexibility index (Phi) is 16.0. The molecule has 416 valence electrons. The van der Waals surface area contributed by atoms with Gasteiger partial charge in [0.1, 0.15) is 35.3 Å². The number of piperidine rings is 2. The first-order chi connectivity index (χ1) is 39.3. The Morgan fingerprint density at radius 3 is 2.36 bits per heavy atom. The highest BCUT2D eigenvalue weighted by Crippen LogP contribution is 2.39. The minimum absolute atomic E-state index is 0.0284. The number of rotatable bonds is 15. The van der Waals surface area contributed by atoms with E-state index in [-0.39, 0.29) is 41.8 Å². The van der Waals surface area contributed by atoms with E-state index in [2.05, 4.69) is 47.3 Å². The monoisotopic (exact) mass is 1130 g/mol. The summed E-state index contributed by atoms with van der Waals surface area (Å²) < 4.78 is 3.92. The summed E-state index contributed by atoms with van der Waals surface area (Å²) in [5, 5.41) is 11.6. The maximum atomic E-state index is 13.8. The summed E-state index contributed by atoms with van der Waals surface area (Å²) in [5.74, 6) is 7.22. The van der Waals surface area contributed by atoms with Gasteiger partial charge in [-0.1, -0.05) is 41.1 Å². The molecule has 22 heteroatoms. The standard InChI is InChI=1S/C59H61Cl2N15O5/c1-37-68-49-12-11-47(41-14-19-64-51(62)30-41)69-55(49)75(37)43-31-45(60)54(46(61)32-43)72-27-25-70(26-28-72)20-4-6-38-10-13-52(66-33-38)71-21-15-40(16-22-71)57(79)73-23-17-42(18-24-73)74-36-39(35-67-74)34-65-48-8-3-7-44-53(48)59(81)76(58(44)80)50(9-5-29-77)56(78)63-2/h3,7-8,10-14,19,29-33,35-36,40,42,50,65H,5,9,15-18,20-28,34H2,1-2H3,(H2,62,64)(H,63,78). The van der Waals surface area contributed by atoms with Crippen molar-refractivity contribution >= 4 is 87.3 Å². The number of nitrogen functional groups attached to an aromatic ring is 1. The largest absolute Gasteiger partial charge is 0.384 e. The van der Waals surface area contributed by atoms with Crippen LogP contribution in [0.5, 0.6) is 0 Å². The Bertz CT molecular complexity index is 3580. The molecule has 3 fully saturated rings.